The molecule has 0 spiro atoms. The van der Waals surface area contributed by atoms with Gasteiger partial charge in [0.2, 0.25) is 5.78 Å². The van der Waals surface area contributed by atoms with E-state index in [0.29, 0.717) is 28.6 Å². The van der Waals surface area contributed by atoms with Crippen molar-refractivity contribution in [3.63, 3.8) is 0 Å². The van der Waals surface area contributed by atoms with Crippen molar-refractivity contribution in [2.45, 2.75) is 25.7 Å². The number of rotatable bonds is 7. The predicted octanol–water partition coefficient (Wildman–Crippen LogP) is 2.70. The minimum absolute atomic E-state index is 0.129. The number of pyridine rings is 1. The fourth-order valence-electron chi connectivity index (χ4n) is 2.47. The van der Waals surface area contributed by atoms with Crippen LogP contribution in [-0.2, 0) is 22.3 Å². The molecule has 0 amide bonds. The molecule has 1 aromatic heterocycles. The van der Waals surface area contributed by atoms with E-state index in [2.05, 4.69) is 0 Å². The Labute approximate surface area is 163 Å². The summed E-state index contributed by atoms with van der Waals surface area (Å²) in [6.45, 7) is 0.527. The molecule has 0 aliphatic heterocycles. The summed E-state index contributed by atoms with van der Waals surface area (Å²) in [6, 6.07) is 5.75. The topological polar surface area (TPSA) is 83.8 Å². The Morgan fingerprint density at radius 1 is 1.10 bits per heavy atom. The quantitative estimate of drug-likeness (QED) is 0.513. The number of carbonyl (C=O) groups excluding carboxylic acids is 2. The van der Waals surface area contributed by atoms with Crippen molar-refractivity contribution in [1.82, 2.24) is 4.57 Å². The van der Waals surface area contributed by atoms with Gasteiger partial charge in [0.25, 0.3) is 5.56 Å². The largest absolute Gasteiger partial charge is 0.497 e. The number of hydrogen-bond donors (Lipinski definition) is 0. The molecule has 0 aliphatic rings. The van der Waals surface area contributed by atoms with Gasteiger partial charge in [0.05, 0.1) is 25.3 Å². The predicted molar refractivity (Wildman–Crippen MR) is 95.1 cm³/mol. The van der Waals surface area contributed by atoms with Crippen molar-refractivity contribution >= 4 is 11.8 Å². The molecule has 0 unspecified atom stereocenters. The first-order valence-electron chi connectivity index (χ1n) is 8.30. The Bertz CT molecular complexity index is 967. The zero-order chi connectivity index (χ0) is 21.8. The Morgan fingerprint density at radius 3 is 2.38 bits per heavy atom. The Kier molecular flexibility index (Phi) is 6.68. The zero-order valence-electron chi connectivity index (χ0n) is 15.8. The Balaban J connectivity index is 2.13. The molecule has 7 nitrogen and oxygen atoms in total. The van der Waals surface area contributed by atoms with Gasteiger partial charge in [-0.25, -0.2) is 0 Å². The standard InChI is InChI=1S/C19H18F3NO6/c1-11(18(26)14-6-5-13(27-2)8-15(14)28-3)29-17(25)10-23-9-12(19(20,21)22)4-7-16(23)24/h4-9,11H,10H2,1-3H3/t11-/m1/s1. The summed E-state index contributed by atoms with van der Waals surface area (Å²) >= 11 is 0. The summed E-state index contributed by atoms with van der Waals surface area (Å²) in [5.74, 6) is -0.979. The van der Waals surface area contributed by atoms with Gasteiger partial charge in [-0.3, -0.25) is 14.4 Å². The highest BCUT2D eigenvalue weighted by atomic mass is 19.4. The van der Waals surface area contributed by atoms with E-state index >= 15 is 0 Å². The SMILES string of the molecule is COc1ccc(C(=O)[C@@H](C)OC(=O)Cn2cc(C(F)(F)F)ccc2=O)c(OC)c1. The molecule has 0 fully saturated rings. The van der Waals surface area contributed by atoms with E-state index < -0.39 is 41.7 Å². The summed E-state index contributed by atoms with van der Waals surface area (Å²) in [6.07, 6.45) is -5.41. The van der Waals surface area contributed by atoms with Crippen LogP contribution in [0.2, 0.25) is 0 Å². The smallest absolute Gasteiger partial charge is 0.417 e. The number of benzene rings is 1. The van der Waals surface area contributed by atoms with Crippen LogP contribution in [0.4, 0.5) is 13.2 Å². The number of halogens is 3. The molecule has 1 heterocycles. The fourth-order valence-corrected chi connectivity index (χ4v) is 2.47. The number of ketones is 1. The van der Waals surface area contributed by atoms with Crippen LogP contribution in [-0.4, -0.2) is 36.6 Å². The maximum absolute atomic E-state index is 12.8. The molecule has 0 saturated carbocycles. The number of methoxy groups -OCH3 is 2. The lowest BCUT2D eigenvalue weighted by atomic mass is 10.1. The molecule has 10 heteroatoms. The number of ether oxygens (including phenoxy) is 3. The minimum atomic E-state index is -4.67. The molecular weight excluding hydrogens is 395 g/mol. The second-order valence-electron chi connectivity index (χ2n) is 5.94. The van der Waals surface area contributed by atoms with Gasteiger partial charge in [0, 0.05) is 18.3 Å². The fraction of sp³-hybridized carbons (Fsp3) is 0.316. The third-order valence-corrected chi connectivity index (χ3v) is 3.96. The van der Waals surface area contributed by atoms with E-state index in [1.54, 1.807) is 0 Å². The number of hydrogen-bond acceptors (Lipinski definition) is 6. The van der Waals surface area contributed by atoms with E-state index in [4.69, 9.17) is 14.2 Å². The van der Waals surface area contributed by atoms with Crippen LogP contribution in [0.15, 0.2) is 41.3 Å². The average molecular weight is 413 g/mol. The zero-order valence-corrected chi connectivity index (χ0v) is 15.8. The van der Waals surface area contributed by atoms with E-state index in [9.17, 15) is 27.6 Å². The highest BCUT2D eigenvalue weighted by Crippen LogP contribution is 2.28. The Hall–Kier alpha value is -3.30. The van der Waals surface area contributed by atoms with Gasteiger partial charge >= 0.3 is 12.1 Å². The highest BCUT2D eigenvalue weighted by Gasteiger charge is 2.31. The number of carbonyl (C=O) groups is 2. The molecule has 0 bridgehead atoms. The highest BCUT2D eigenvalue weighted by molar-refractivity contribution is 6.02. The summed E-state index contributed by atoms with van der Waals surface area (Å²) in [5, 5.41) is 0. The molecule has 0 saturated heterocycles. The van der Waals surface area contributed by atoms with Crippen LogP contribution in [0.5, 0.6) is 11.5 Å². The van der Waals surface area contributed by atoms with Crippen molar-refractivity contribution in [3.05, 3.63) is 58.0 Å². The lowest BCUT2D eigenvalue weighted by Crippen LogP contribution is -2.30. The first-order chi connectivity index (χ1) is 13.6. The maximum atomic E-state index is 12.8. The van der Waals surface area contributed by atoms with Crippen molar-refractivity contribution < 1.29 is 37.0 Å². The molecule has 1 aromatic carbocycles. The van der Waals surface area contributed by atoms with Gasteiger partial charge in [-0.15, -0.1) is 0 Å². The molecule has 29 heavy (non-hydrogen) atoms. The van der Waals surface area contributed by atoms with Crippen molar-refractivity contribution in [2.24, 2.45) is 0 Å². The molecular formula is C19H18F3NO6. The van der Waals surface area contributed by atoms with Crippen LogP contribution in [0, 0.1) is 0 Å². The first-order valence-corrected chi connectivity index (χ1v) is 8.30. The second-order valence-corrected chi connectivity index (χ2v) is 5.94. The monoisotopic (exact) mass is 413 g/mol. The summed E-state index contributed by atoms with van der Waals surface area (Å²) in [4.78, 5) is 36.3. The molecule has 156 valence electrons. The van der Waals surface area contributed by atoms with E-state index in [1.807, 2.05) is 0 Å². The Morgan fingerprint density at radius 2 is 1.79 bits per heavy atom. The summed E-state index contributed by atoms with van der Waals surface area (Å²) in [7, 11) is 2.79. The van der Waals surface area contributed by atoms with Crippen molar-refractivity contribution in [1.29, 1.82) is 0 Å². The third kappa shape index (κ3) is 5.37. The van der Waals surface area contributed by atoms with Crippen LogP contribution < -0.4 is 15.0 Å². The van der Waals surface area contributed by atoms with Crippen LogP contribution in [0.25, 0.3) is 0 Å². The lowest BCUT2D eigenvalue weighted by Gasteiger charge is -2.16. The normalized spacial score (nSPS) is 12.2. The second kappa shape index (κ2) is 8.80. The van der Waals surface area contributed by atoms with Gasteiger partial charge < -0.3 is 18.8 Å². The van der Waals surface area contributed by atoms with E-state index in [-0.39, 0.29) is 11.3 Å². The number of nitrogens with zero attached hydrogens (tertiary/aromatic N) is 1. The van der Waals surface area contributed by atoms with Gasteiger partial charge in [-0.2, -0.15) is 13.2 Å². The number of Topliss-reactive ketones (excluding diaryl/α,β-unsaturated/α-hetero) is 1. The number of esters is 1. The van der Waals surface area contributed by atoms with Crippen LogP contribution >= 0.6 is 0 Å². The number of alkyl halides is 3. The van der Waals surface area contributed by atoms with Crippen LogP contribution in [0.1, 0.15) is 22.8 Å². The molecule has 0 aliphatic carbocycles. The van der Waals surface area contributed by atoms with Gasteiger partial charge in [-0.1, -0.05) is 0 Å². The molecule has 0 N–H and O–H groups in total. The number of aromatic nitrogens is 1. The van der Waals surface area contributed by atoms with Gasteiger partial charge in [0.15, 0.2) is 6.10 Å². The molecule has 2 aromatic rings. The third-order valence-electron chi connectivity index (χ3n) is 3.96. The summed E-state index contributed by atoms with van der Waals surface area (Å²) < 4.78 is 54.0. The van der Waals surface area contributed by atoms with E-state index in [1.165, 1.54) is 39.3 Å². The van der Waals surface area contributed by atoms with Crippen molar-refractivity contribution in [3.8, 4) is 11.5 Å². The minimum Gasteiger partial charge on any atom is -0.497 e. The maximum Gasteiger partial charge on any atom is 0.417 e. The van der Waals surface area contributed by atoms with Crippen molar-refractivity contribution in [2.75, 3.05) is 14.2 Å². The molecule has 1 atom stereocenters. The first kappa shape index (κ1) is 22.0. The van der Waals surface area contributed by atoms with Gasteiger partial charge in [-0.05, 0) is 25.1 Å². The lowest BCUT2D eigenvalue weighted by molar-refractivity contribution is -0.147. The average Bonchev–Trinajstić information content (AvgIpc) is 2.67. The van der Waals surface area contributed by atoms with Crippen LogP contribution in [0.3, 0.4) is 0 Å². The van der Waals surface area contributed by atoms with Gasteiger partial charge in [0.1, 0.15) is 18.0 Å². The molecule has 0 radical (unpaired) electrons. The summed E-state index contributed by atoms with van der Waals surface area (Å²) in [5.41, 5.74) is -1.77. The molecule has 2 rings (SSSR count). The van der Waals surface area contributed by atoms with E-state index in [0.717, 1.165) is 0 Å².